The summed E-state index contributed by atoms with van der Waals surface area (Å²) in [7, 11) is -2.01. The number of methoxy groups -OCH3 is 1. The van der Waals surface area contributed by atoms with Crippen molar-refractivity contribution >= 4 is 21.6 Å². The number of ether oxygens (including phenoxy) is 1. The minimum absolute atomic E-state index is 0.260. The maximum Gasteiger partial charge on any atom is 0.241 e. The molecule has 7 heteroatoms. The Bertz CT molecular complexity index is 888. The highest BCUT2D eigenvalue weighted by atomic mass is 32.2. The number of sulfonamides is 1. The predicted octanol–water partition coefficient (Wildman–Crippen LogP) is 2.96. The second-order valence-corrected chi connectivity index (χ2v) is 8.58. The monoisotopic (exact) mass is 390 g/mol. The van der Waals surface area contributed by atoms with Crippen LogP contribution in [0.2, 0.25) is 0 Å². The number of rotatable bonds is 7. The van der Waals surface area contributed by atoms with E-state index in [4.69, 9.17) is 4.74 Å². The molecule has 1 N–H and O–H groups in total. The number of anilines is 1. The Balaban J connectivity index is 2.16. The molecule has 0 saturated carbocycles. The van der Waals surface area contributed by atoms with Gasteiger partial charge < -0.3 is 10.1 Å². The van der Waals surface area contributed by atoms with Crippen molar-refractivity contribution in [1.82, 2.24) is 5.32 Å². The van der Waals surface area contributed by atoms with E-state index in [0.29, 0.717) is 5.69 Å². The van der Waals surface area contributed by atoms with Crippen LogP contribution in [0.3, 0.4) is 0 Å². The lowest BCUT2D eigenvalue weighted by molar-refractivity contribution is -0.120. The molecule has 0 heterocycles. The molecule has 146 valence electrons. The Labute approximate surface area is 161 Å². The molecule has 0 spiro atoms. The molecule has 1 atom stereocenters. The largest absolute Gasteiger partial charge is 0.497 e. The van der Waals surface area contributed by atoms with Gasteiger partial charge in [0.25, 0.3) is 0 Å². The fourth-order valence-corrected chi connectivity index (χ4v) is 3.73. The highest BCUT2D eigenvalue weighted by Crippen LogP contribution is 2.22. The third-order valence-electron chi connectivity index (χ3n) is 4.18. The Kier molecular flexibility index (Phi) is 6.49. The Morgan fingerprint density at radius 1 is 1.11 bits per heavy atom. The molecular weight excluding hydrogens is 364 g/mol. The highest BCUT2D eigenvalue weighted by Gasteiger charge is 2.22. The molecule has 1 amide bonds. The number of nitrogens with zero attached hydrogens (tertiary/aromatic N) is 1. The van der Waals surface area contributed by atoms with Gasteiger partial charge in [0.1, 0.15) is 12.3 Å². The molecule has 0 aliphatic heterocycles. The first-order chi connectivity index (χ1) is 12.6. The van der Waals surface area contributed by atoms with Gasteiger partial charge in [0.05, 0.1) is 25.1 Å². The first-order valence-electron chi connectivity index (χ1n) is 8.59. The van der Waals surface area contributed by atoms with Crippen molar-refractivity contribution < 1.29 is 17.9 Å². The minimum Gasteiger partial charge on any atom is -0.497 e. The summed E-state index contributed by atoms with van der Waals surface area (Å²) in [5.41, 5.74) is 3.26. The van der Waals surface area contributed by atoms with Gasteiger partial charge in [-0.25, -0.2) is 8.42 Å². The van der Waals surface area contributed by atoms with E-state index in [1.54, 1.807) is 19.2 Å². The van der Waals surface area contributed by atoms with Crippen LogP contribution in [0.5, 0.6) is 5.75 Å². The quantitative estimate of drug-likeness (QED) is 0.789. The van der Waals surface area contributed by atoms with Crippen LogP contribution in [0.15, 0.2) is 42.5 Å². The SMILES string of the molecule is COc1ccc([C@@H](C)NC(=O)CN(c2cc(C)cc(C)c2)S(C)(=O)=O)cc1. The molecule has 6 nitrogen and oxygen atoms in total. The van der Waals surface area contributed by atoms with E-state index < -0.39 is 10.0 Å². The number of hydrogen-bond donors (Lipinski definition) is 1. The fraction of sp³-hybridized carbons (Fsp3) is 0.350. The molecule has 0 saturated heterocycles. The van der Waals surface area contributed by atoms with Crippen LogP contribution >= 0.6 is 0 Å². The molecule has 2 rings (SSSR count). The Hall–Kier alpha value is -2.54. The molecule has 2 aromatic carbocycles. The van der Waals surface area contributed by atoms with Crippen molar-refractivity contribution in [2.45, 2.75) is 26.8 Å². The van der Waals surface area contributed by atoms with E-state index >= 15 is 0 Å². The van der Waals surface area contributed by atoms with Gasteiger partial charge in [0.15, 0.2) is 0 Å². The van der Waals surface area contributed by atoms with Gasteiger partial charge in [-0.3, -0.25) is 9.10 Å². The van der Waals surface area contributed by atoms with E-state index in [2.05, 4.69) is 5.32 Å². The predicted molar refractivity (Wildman–Crippen MR) is 108 cm³/mol. The van der Waals surface area contributed by atoms with Crippen LogP contribution in [0.1, 0.15) is 29.7 Å². The van der Waals surface area contributed by atoms with Gasteiger partial charge in [-0.15, -0.1) is 0 Å². The fourth-order valence-electron chi connectivity index (χ4n) is 2.89. The van der Waals surface area contributed by atoms with Gasteiger partial charge in [0.2, 0.25) is 15.9 Å². The Morgan fingerprint density at radius 3 is 2.15 bits per heavy atom. The number of nitrogens with one attached hydrogen (secondary N) is 1. The number of amides is 1. The molecule has 27 heavy (non-hydrogen) atoms. The number of carbonyl (C=O) groups excluding carboxylic acids is 1. The van der Waals surface area contributed by atoms with Gasteiger partial charge in [-0.2, -0.15) is 0 Å². The molecule has 0 fully saturated rings. The van der Waals surface area contributed by atoms with Crippen LogP contribution in [-0.4, -0.2) is 34.2 Å². The number of aryl methyl sites for hydroxylation is 2. The summed E-state index contributed by atoms with van der Waals surface area (Å²) < 4.78 is 30.8. The zero-order valence-corrected chi connectivity index (χ0v) is 17.1. The molecule has 2 aromatic rings. The van der Waals surface area contributed by atoms with Gasteiger partial charge in [-0.05, 0) is 61.7 Å². The summed E-state index contributed by atoms with van der Waals surface area (Å²) >= 11 is 0. The van der Waals surface area contributed by atoms with Crippen molar-refractivity contribution in [3.63, 3.8) is 0 Å². The summed E-state index contributed by atoms with van der Waals surface area (Å²) in [6, 6.07) is 12.6. The smallest absolute Gasteiger partial charge is 0.241 e. The van der Waals surface area contributed by atoms with Crippen LogP contribution in [0, 0.1) is 13.8 Å². The number of benzene rings is 2. The maximum absolute atomic E-state index is 12.5. The van der Waals surface area contributed by atoms with Gasteiger partial charge in [-0.1, -0.05) is 18.2 Å². The van der Waals surface area contributed by atoms with E-state index in [1.807, 2.05) is 51.1 Å². The average Bonchev–Trinajstić information content (AvgIpc) is 2.57. The molecule has 0 unspecified atom stereocenters. The lowest BCUT2D eigenvalue weighted by Crippen LogP contribution is -2.41. The van der Waals surface area contributed by atoms with Crippen LogP contribution in [0.4, 0.5) is 5.69 Å². The van der Waals surface area contributed by atoms with E-state index in [-0.39, 0.29) is 18.5 Å². The van der Waals surface area contributed by atoms with E-state index in [9.17, 15) is 13.2 Å². The van der Waals surface area contributed by atoms with Gasteiger partial charge in [0, 0.05) is 0 Å². The summed E-state index contributed by atoms with van der Waals surface area (Å²) in [4.78, 5) is 12.5. The summed E-state index contributed by atoms with van der Waals surface area (Å²) in [5.74, 6) is 0.359. The second-order valence-electron chi connectivity index (χ2n) is 6.68. The average molecular weight is 391 g/mol. The van der Waals surface area contributed by atoms with E-state index in [0.717, 1.165) is 33.0 Å². The molecular formula is C20H26N2O4S. The first-order valence-corrected chi connectivity index (χ1v) is 10.4. The zero-order chi connectivity index (χ0) is 20.2. The second kappa shape index (κ2) is 8.43. The van der Waals surface area contributed by atoms with Crippen molar-refractivity contribution in [2.24, 2.45) is 0 Å². The lowest BCUT2D eigenvalue weighted by atomic mass is 10.1. The third-order valence-corrected chi connectivity index (χ3v) is 5.32. The summed E-state index contributed by atoms with van der Waals surface area (Å²) in [6.45, 7) is 5.36. The highest BCUT2D eigenvalue weighted by molar-refractivity contribution is 7.92. The molecule has 0 aromatic heterocycles. The van der Waals surface area contributed by atoms with Crippen molar-refractivity contribution in [3.05, 3.63) is 59.2 Å². The molecule has 0 bridgehead atoms. The van der Waals surface area contributed by atoms with Crippen LogP contribution in [-0.2, 0) is 14.8 Å². The summed E-state index contributed by atoms with van der Waals surface area (Å²) in [6.07, 6.45) is 1.10. The van der Waals surface area contributed by atoms with Crippen molar-refractivity contribution in [2.75, 3.05) is 24.2 Å². The molecule has 0 aliphatic carbocycles. The zero-order valence-electron chi connectivity index (χ0n) is 16.3. The third kappa shape index (κ3) is 5.72. The van der Waals surface area contributed by atoms with Crippen molar-refractivity contribution in [1.29, 1.82) is 0 Å². The minimum atomic E-state index is -3.60. The van der Waals surface area contributed by atoms with Crippen LogP contribution in [0.25, 0.3) is 0 Å². The standard InChI is InChI=1S/C20H26N2O4S/c1-14-10-15(2)12-18(11-14)22(27(5,24)25)13-20(23)21-16(3)17-6-8-19(26-4)9-7-17/h6-12,16H,13H2,1-5H3,(H,21,23)/t16-/m1/s1. The molecule has 0 aliphatic rings. The lowest BCUT2D eigenvalue weighted by Gasteiger charge is -2.24. The summed E-state index contributed by atoms with van der Waals surface area (Å²) in [5, 5.41) is 2.85. The first kappa shape index (κ1) is 20.8. The number of hydrogen-bond acceptors (Lipinski definition) is 4. The molecule has 0 radical (unpaired) electrons. The van der Waals surface area contributed by atoms with Crippen molar-refractivity contribution in [3.8, 4) is 5.75 Å². The van der Waals surface area contributed by atoms with Crippen LogP contribution < -0.4 is 14.4 Å². The Morgan fingerprint density at radius 2 is 1.67 bits per heavy atom. The topological polar surface area (TPSA) is 75.7 Å². The van der Waals surface area contributed by atoms with Gasteiger partial charge >= 0.3 is 0 Å². The number of carbonyl (C=O) groups is 1. The van der Waals surface area contributed by atoms with E-state index in [1.165, 1.54) is 0 Å². The maximum atomic E-state index is 12.5. The normalized spacial score (nSPS) is 12.3.